The van der Waals surface area contributed by atoms with E-state index in [9.17, 15) is 13.2 Å². The van der Waals surface area contributed by atoms with Crippen LogP contribution in [0.5, 0.6) is 0 Å². The van der Waals surface area contributed by atoms with E-state index in [0.717, 1.165) is 47.1 Å². The molecule has 0 saturated carbocycles. The van der Waals surface area contributed by atoms with Crippen LogP contribution in [-0.4, -0.2) is 42.8 Å². The van der Waals surface area contributed by atoms with Gasteiger partial charge in [0.2, 0.25) is 15.9 Å². The van der Waals surface area contributed by atoms with Crippen molar-refractivity contribution in [2.24, 2.45) is 0 Å². The summed E-state index contributed by atoms with van der Waals surface area (Å²) in [6, 6.07) is 15.4. The van der Waals surface area contributed by atoms with Crippen LogP contribution < -0.4 is 4.90 Å². The van der Waals surface area contributed by atoms with Crippen LogP contribution in [0.4, 0.5) is 5.69 Å². The Hall–Kier alpha value is -2.64. The summed E-state index contributed by atoms with van der Waals surface area (Å²) in [5, 5.41) is 1.13. The SMILES string of the molecule is Cc1cc2ccccc2n1CC(=O)N1CCc2cc(S(=O)(=O)N3CCCCC3)ccc21. The van der Waals surface area contributed by atoms with Gasteiger partial charge in [-0.3, -0.25) is 4.79 Å². The molecule has 0 atom stereocenters. The second kappa shape index (κ2) is 7.80. The van der Waals surface area contributed by atoms with Crippen LogP contribution in [0.1, 0.15) is 30.5 Å². The molecule has 0 spiro atoms. The van der Waals surface area contributed by atoms with Gasteiger partial charge in [-0.2, -0.15) is 4.31 Å². The van der Waals surface area contributed by atoms with E-state index >= 15 is 0 Å². The lowest BCUT2D eigenvalue weighted by molar-refractivity contribution is -0.119. The van der Waals surface area contributed by atoms with Gasteiger partial charge in [-0.15, -0.1) is 0 Å². The molecule has 0 N–H and O–H groups in total. The molecule has 1 saturated heterocycles. The zero-order chi connectivity index (χ0) is 21.6. The van der Waals surface area contributed by atoms with E-state index in [2.05, 4.69) is 12.1 Å². The fourth-order valence-electron chi connectivity index (χ4n) is 4.83. The van der Waals surface area contributed by atoms with Gasteiger partial charge in [0.05, 0.1) is 4.90 Å². The highest BCUT2D eigenvalue weighted by Gasteiger charge is 2.30. The van der Waals surface area contributed by atoms with Crippen molar-refractivity contribution in [3.05, 3.63) is 59.8 Å². The highest BCUT2D eigenvalue weighted by atomic mass is 32.2. The maximum atomic E-state index is 13.2. The largest absolute Gasteiger partial charge is 0.335 e. The minimum Gasteiger partial charge on any atom is -0.335 e. The van der Waals surface area contributed by atoms with E-state index < -0.39 is 10.0 Å². The molecule has 1 fully saturated rings. The molecule has 5 rings (SSSR count). The normalized spacial score (nSPS) is 17.3. The summed E-state index contributed by atoms with van der Waals surface area (Å²) in [4.78, 5) is 15.3. The number of carbonyl (C=O) groups excluding carboxylic acids is 1. The lowest BCUT2D eigenvalue weighted by atomic mass is 10.2. The molecule has 0 unspecified atom stereocenters. The van der Waals surface area contributed by atoms with Crippen molar-refractivity contribution in [2.75, 3.05) is 24.5 Å². The summed E-state index contributed by atoms with van der Waals surface area (Å²) in [6.45, 7) is 4.05. The molecular formula is C24H27N3O3S. The second-order valence-electron chi connectivity index (χ2n) is 8.48. The van der Waals surface area contributed by atoms with Gasteiger partial charge in [0.1, 0.15) is 6.54 Å². The fourth-order valence-corrected chi connectivity index (χ4v) is 6.40. The molecule has 0 radical (unpaired) electrons. The molecule has 162 valence electrons. The average molecular weight is 438 g/mol. The molecule has 2 aliphatic rings. The van der Waals surface area contributed by atoms with Crippen molar-refractivity contribution < 1.29 is 13.2 Å². The molecule has 0 aliphatic carbocycles. The van der Waals surface area contributed by atoms with Gasteiger partial charge in [-0.05, 0) is 67.5 Å². The predicted molar refractivity (Wildman–Crippen MR) is 122 cm³/mol. The van der Waals surface area contributed by atoms with Crippen molar-refractivity contribution in [3.63, 3.8) is 0 Å². The van der Waals surface area contributed by atoms with E-state index in [1.807, 2.05) is 29.7 Å². The number of sulfonamides is 1. The quantitative estimate of drug-likeness (QED) is 0.625. The van der Waals surface area contributed by atoms with Crippen molar-refractivity contribution in [1.82, 2.24) is 8.87 Å². The van der Waals surface area contributed by atoms with Gasteiger partial charge >= 0.3 is 0 Å². The number of nitrogens with zero attached hydrogens (tertiary/aromatic N) is 3. The minimum atomic E-state index is -3.47. The number of rotatable bonds is 4. The van der Waals surface area contributed by atoms with Crippen molar-refractivity contribution in [1.29, 1.82) is 0 Å². The van der Waals surface area contributed by atoms with Gasteiger partial charge in [0, 0.05) is 36.5 Å². The van der Waals surface area contributed by atoms with Gasteiger partial charge < -0.3 is 9.47 Å². The lowest BCUT2D eigenvalue weighted by Crippen LogP contribution is -2.35. The summed E-state index contributed by atoms with van der Waals surface area (Å²) >= 11 is 0. The zero-order valence-corrected chi connectivity index (χ0v) is 18.6. The third-order valence-corrected chi connectivity index (χ3v) is 8.41. The summed E-state index contributed by atoms with van der Waals surface area (Å²) in [5.41, 5.74) is 3.87. The van der Waals surface area contributed by atoms with Crippen LogP contribution in [-0.2, 0) is 27.8 Å². The monoisotopic (exact) mass is 437 g/mol. The topological polar surface area (TPSA) is 62.6 Å². The van der Waals surface area contributed by atoms with Crippen LogP contribution in [0.25, 0.3) is 10.9 Å². The van der Waals surface area contributed by atoms with E-state index in [0.29, 0.717) is 31.0 Å². The number of carbonyl (C=O) groups is 1. The Morgan fingerprint density at radius 1 is 0.968 bits per heavy atom. The van der Waals surface area contributed by atoms with E-state index in [1.54, 1.807) is 27.4 Å². The molecule has 1 amide bonds. The maximum Gasteiger partial charge on any atom is 0.246 e. The van der Waals surface area contributed by atoms with Crippen LogP contribution >= 0.6 is 0 Å². The van der Waals surface area contributed by atoms with Crippen LogP contribution in [0, 0.1) is 6.92 Å². The summed E-state index contributed by atoms with van der Waals surface area (Å²) in [7, 11) is -3.47. The first-order valence-electron chi connectivity index (χ1n) is 10.9. The Bertz CT molecular complexity index is 1260. The molecule has 1 aromatic heterocycles. The standard InChI is InChI=1S/C24H27N3O3S/c1-18-15-19-7-3-4-8-22(19)27(18)17-24(28)26-14-11-20-16-21(9-10-23(20)26)31(29,30)25-12-5-2-6-13-25/h3-4,7-10,15-16H,2,5-6,11-14,17H2,1H3. The molecule has 7 heteroatoms. The Labute approximate surface area is 183 Å². The number of benzene rings is 2. The van der Waals surface area contributed by atoms with Crippen LogP contribution in [0.15, 0.2) is 53.4 Å². The number of aryl methyl sites for hydroxylation is 1. The highest BCUT2D eigenvalue weighted by molar-refractivity contribution is 7.89. The third-order valence-electron chi connectivity index (χ3n) is 6.51. The van der Waals surface area contributed by atoms with Gasteiger partial charge in [0.25, 0.3) is 0 Å². The lowest BCUT2D eigenvalue weighted by Gasteiger charge is -2.26. The minimum absolute atomic E-state index is 0.0230. The van der Waals surface area contributed by atoms with Crippen molar-refractivity contribution in [2.45, 2.75) is 44.0 Å². The van der Waals surface area contributed by atoms with E-state index in [-0.39, 0.29) is 12.5 Å². The smallest absolute Gasteiger partial charge is 0.246 e. The average Bonchev–Trinajstić information content (AvgIpc) is 3.35. The first kappa shape index (κ1) is 20.3. The molecule has 3 heterocycles. The van der Waals surface area contributed by atoms with Gasteiger partial charge in [0.15, 0.2) is 0 Å². The Morgan fingerprint density at radius 3 is 2.55 bits per heavy atom. The van der Waals surface area contributed by atoms with Crippen LogP contribution in [0.2, 0.25) is 0 Å². The molecule has 2 aliphatic heterocycles. The number of amides is 1. The number of hydrogen-bond acceptors (Lipinski definition) is 3. The summed E-state index contributed by atoms with van der Waals surface area (Å²) in [5.74, 6) is 0.0230. The number of anilines is 1. The first-order valence-corrected chi connectivity index (χ1v) is 12.4. The molecular weight excluding hydrogens is 410 g/mol. The molecule has 31 heavy (non-hydrogen) atoms. The molecule has 0 bridgehead atoms. The number of aromatic nitrogens is 1. The highest BCUT2D eigenvalue weighted by Crippen LogP contribution is 2.32. The summed E-state index contributed by atoms with van der Waals surface area (Å²) < 4.78 is 29.7. The molecule has 3 aromatic rings. The Balaban J connectivity index is 1.39. The second-order valence-corrected chi connectivity index (χ2v) is 10.4. The fraction of sp³-hybridized carbons (Fsp3) is 0.375. The van der Waals surface area contributed by atoms with E-state index in [4.69, 9.17) is 0 Å². The first-order chi connectivity index (χ1) is 14.9. The van der Waals surface area contributed by atoms with Crippen LogP contribution in [0.3, 0.4) is 0 Å². The summed E-state index contributed by atoms with van der Waals surface area (Å²) in [6.07, 6.45) is 3.60. The number of fused-ring (bicyclic) bond motifs is 2. The molecule has 2 aromatic carbocycles. The zero-order valence-electron chi connectivity index (χ0n) is 17.8. The Morgan fingerprint density at radius 2 is 1.74 bits per heavy atom. The number of para-hydroxylation sites is 1. The maximum absolute atomic E-state index is 13.2. The number of piperidine rings is 1. The van der Waals surface area contributed by atoms with E-state index in [1.165, 1.54) is 0 Å². The van der Waals surface area contributed by atoms with Gasteiger partial charge in [-0.25, -0.2) is 8.42 Å². The Kier molecular flexibility index (Phi) is 5.10. The van der Waals surface area contributed by atoms with Crippen molar-refractivity contribution >= 4 is 32.5 Å². The number of hydrogen-bond donors (Lipinski definition) is 0. The third kappa shape index (κ3) is 3.55. The molecule has 6 nitrogen and oxygen atoms in total. The van der Waals surface area contributed by atoms with Gasteiger partial charge in [-0.1, -0.05) is 24.6 Å². The van der Waals surface area contributed by atoms with Crippen molar-refractivity contribution in [3.8, 4) is 0 Å². The predicted octanol–water partition coefficient (Wildman–Crippen LogP) is 3.71.